The highest BCUT2D eigenvalue weighted by molar-refractivity contribution is 6.07. The molecule has 6 rings (SSSR count). The van der Waals surface area contributed by atoms with E-state index in [1.165, 1.54) is 10.8 Å². The Hall–Kier alpha value is -1.72. The molecule has 3 fully saturated rings. The normalized spacial score (nSPS) is 39.3. The second-order valence-corrected chi connectivity index (χ2v) is 7.34. The maximum absolute atomic E-state index is 13.4. The van der Waals surface area contributed by atoms with Gasteiger partial charge in [-0.3, -0.25) is 14.6 Å². The molecule has 5 aliphatic rings. The van der Waals surface area contributed by atoms with Gasteiger partial charge in [0.1, 0.15) is 5.41 Å². The third kappa shape index (κ3) is 1.57. The van der Waals surface area contributed by atoms with E-state index < -0.39 is 5.41 Å². The van der Waals surface area contributed by atoms with Crippen LogP contribution in [-0.2, 0) is 19.8 Å². The molecule has 2 saturated heterocycles. The summed E-state index contributed by atoms with van der Waals surface area (Å²) in [6.45, 7) is 2.90. The molecule has 1 aromatic carbocycles. The Morgan fingerprint density at radius 2 is 2.25 bits per heavy atom. The molecule has 4 aliphatic heterocycles. The average Bonchev–Trinajstić information content (AvgIpc) is 2.96. The van der Waals surface area contributed by atoms with E-state index in [-0.39, 0.29) is 18.1 Å². The molecule has 0 aromatic heterocycles. The highest BCUT2D eigenvalue weighted by atomic mass is 16.7. The zero-order valence-electron chi connectivity index (χ0n) is 14.1. The third-order valence-electron chi connectivity index (χ3n) is 6.52. The van der Waals surface area contributed by atoms with Crippen molar-refractivity contribution in [2.45, 2.75) is 43.7 Å². The quantitative estimate of drug-likeness (QED) is 0.839. The number of carbonyl (C=O) groups excluding carboxylic acids is 1. The van der Waals surface area contributed by atoms with Crippen molar-refractivity contribution in [3.63, 3.8) is 0 Å². The first-order valence-electron chi connectivity index (χ1n) is 8.87. The number of anilines is 1. The van der Waals surface area contributed by atoms with Gasteiger partial charge in [-0.1, -0.05) is 25.1 Å². The minimum absolute atomic E-state index is 0.0117. The van der Waals surface area contributed by atoms with Crippen LogP contribution in [0.15, 0.2) is 29.3 Å². The zero-order valence-corrected chi connectivity index (χ0v) is 14.1. The summed E-state index contributed by atoms with van der Waals surface area (Å²) in [6, 6.07) is 8.16. The van der Waals surface area contributed by atoms with Gasteiger partial charge in [-0.05, 0) is 30.9 Å². The lowest BCUT2D eigenvalue weighted by atomic mass is 9.71. The second kappa shape index (κ2) is 4.90. The summed E-state index contributed by atoms with van der Waals surface area (Å²) in [6.07, 6.45) is 2.55. The van der Waals surface area contributed by atoms with E-state index in [4.69, 9.17) is 14.6 Å². The minimum Gasteiger partial charge on any atom is -0.376 e. The molecular weight excluding hydrogens is 304 g/mol. The van der Waals surface area contributed by atoms with Crippen molar-refractivity contribution >= 4 is 17.3 Å². The van der Waals surface area contributed by atoms with E-state index in [0.29, 0.717) is 11.8 Å². The van der Waals surface area contributed by atoms with Crippen molar-refractivity contribution in [2.75, 3.05) is 18.8 Å². The molecule has 5 atom stereocenters. The molecule has 0 unspecified atom stereocenters. The largest absolute Gasteiger partial charge is 0.376 e. The molecule has 4 heterocycles. The molecule has 1 aliphatic carbocycles. The zero-order chi connectivity index (χ0) is 16.5. The van der Waals surface area contributed by atoms with Crippen molar-refractivity contribution in [1.29, 1.82) is 0 Å². The lowest BCUT2D eigenvalue weighted by molar-refractivity contribution is -0.137. The van der Waals surface area contributed by atoms with Crippen molar-refractivity contribution in [2.24, 2.45) is 16.8 Å². The van der Waals surface area contributed by atoms with Crippen molar-refractivity contribution in [1.82, 2.24) is 0 Å². The Bertz CT molecular complexity index is 746. The number of ether oxygens (including phenoxy) is 1. The standard InChI is InChI=1S/C19H22N2O3/c1-3-14-11-8-17-19(9-15(20-14)12(11)10-24-17)13-6-4-5-7-16(13)21(23-2)18(19)22/h4-7,11-12,15,17H,3,8-10H2,1-2H3/t11-,12+,15+,17+,19-/m0/s1. The van der Waals surface area contributed by atoms with E-state index in [1.807, 2.05) is 18.2 Å². The van der Waals surface area contributed by atoms with Crippen molar-refractivity contribution < 1.29 is 14.4 Å². The van der Waals surface area contributed by atoms with E-state index in [2.05, 4.69) is 13.0 Å². The molecular formula is C19H22N2O3. The Morgan fingerprint density at radius 1 is 1.42 bits per heavy atom. The average molecular weight is 326 g/mol. The van der Waals surface area contributed by atoms with Gasteiger partial charge < -0.3 is 4.74 Å². The van der Waals surface area contributed by atoms with Crippen LogP contribution < -0.4 is 5.06 Å². The number of hydrogen-bond acceptors (Lipinski definition) is 4. The summed E-state index contributed by atoms with van der Waals surface area (Å²) in [7, 11) is 1.56. The molecule has 126 valence electrons. The second-order valence-electron chi connectivity index (χ2n) is 7.34. The minimum atomic E-state index is -0.649. The van der Waals surface area contributed by atoms with Crippen LogP contribution in [0.3, 0.4) is 0 Å². The van der Waals surface area contributed by atoms with Crippen LogP contribution >= 0.6 is 0 Å². The first kappa shape index (κ1) is 14.6. The number of hydroxylamine groups is 1. The number of nitrogens with zero attached hydrogens (tertiary/aromatic N) is 2. The van der Waals surface area contributed by atoms with Crippen LogP contribution in [0, 0.1) is 11.8 Å². The molecule has 0 N–H and O–H groups in total. The molecule has 1 saturated carbocycles. The lowest BCUT2D eigenvalue weighted by Gasteiger charge is -2.38. The van der Waals surface area contributed by atoms with E-state index >= 15 is 0 Å². The first-order valence-corrected chi connectivity index (χ1v) is 8.87. The summed E-state index contributed by atoms with van der Waals surface area (Å²) >= 11 is 0. The van der Waals surface area contributed by atoms with E-state index in [0.717, 1.165) is 37.1 Å². The number of benzene rings is 1. The van der Waals surface area contributed by atoms with Crippen LogP contribution in [0.2, 0.25) is 0 Å². The third-order valence-corrected chi connectivity index (χ3v) is 6.52. The Balaban J connectivity index is 1.69. The van der Waals surface area contributed by atoms with Crippen LogP contribution in [-0.4, -0.2) is 37.5 Å². The van der Waals surface area contributed by atoms with Gasteiger partial charge >= 0.3 is 0 Å². The number of carbonyl (C=O) groups is 1. The Labute approximate surface area is 141 Å². The van der Waals surface area contributed by atoms with Gasteiger partial charge in [0, 0.05) is 17.5 Å². The maximum Gasteiger partial charge on any atom is 0.264 e. The van der Waals surface area contributed by atoms with Gasteiger partial charge in [0.25, 0.3) is 5.91 Å². The molecule has 0 radical (unpaired) electrons. The van der Waals surface area contributed by atoms with Gasteiger partial charge in [0.05, 0.1) is 31.5 Å². The number of amides is 1. The summed E-state index contributed by atoms with van der Waals surface area (Å²) in [4.78, 5) is 23.9. The Morgan fingerprint density at radius 3 is 3.04 bits per heavy atom. The summed E-state index contributed by atoms with van der Waals surface area (Å²) in [5.41, 5.74) is 2.58. The molecule has 1 aromatic rings. The van der Waals surface area contributed by atoms with Gasteiger partial charge in [0.15, 0.2) is 0 Å². The number of rotatable bonds is 2. The lowest BCUT2D eigenvalue weighted by Crippen LogP contribution is -2.51. The molecule has 24 heavy (non-hydrogen) atoms. The number of para-hydroxylation sites is 1. The summed E-state index contributed by atoms with van der Waals surface area (Å²) in [5, 5.41) is 1.45. The molecule has 4 bridgehead atoms. The van der Waals surface area contributed by atoms with Gasteiger partial charge in [0.2, 0.25) is 0 Å². The summed E-state index contributed by atoms with van der Waals surface area (Å²) < 4.78 is 6.26. The van der Waals surface area contributed by atoms with E-state index in [9.17, 15) is 4.79 Å². The number of aliphatic imine (C=N–C) groups is 1. The van der Waals surface area contributed by atoms with Gasteiger partial charge in [-0.15, -0.1) is 0 Å². The topological polar surface area (TPSA) is 51.1 Å². The smallest absolute Gasteiger partial charge is 0.264 e. The molecule has 1 amide bonds. The van der Waals surface area contributed by atoms with Gasteiger partial charge in [-0.25, -0.2) is 0 Å². The fourth-order valence-corrected chi connectivity index (χ4v) is 5.46. The number of hydrogen-bond donors (Lipinski definition) is 0. The predicted octanol–water partition coefficient (Wildman–Crippen LogP) is 2.49. The first-order chi connectivity index (χ1) is 11.7. The van der Waals surface area contributed by atoms with Crippen LogP contribution in [0.5, 0.6) is 0 Å². The predicted molar refractivity (Wildman–Crippen MR) is 90.1 cm³/mol. The summed E-state index contributed by atoms with van der Waals surface area (Å²) in [5.74, 6) is 0.930. The molecule has 5 nitrogen and oxygen atoms in total. The Kier molecular flexibility index (Phi) is 2.98. The van der Waals surface area contributed by atoms with Crippen molar-refractivity contribution in [3.05, 3.63) is 29.8 Å². The fraction of sp³-hybridized carbons (Fsp3) is 0.579. The van der Waals surface area contributed by atoms with E-state index in [1.54, 1.807) is 7.11 Å². The monoisotopic (exact) mass is 326 g/mol. The van der Waals surface area contributed by atoms with Crippen LogP contribution in [0.25, 0.3) is 0 Å². The molecule has 1 spiro atoms. The highest BCUT2D eigenvalue weighted by Gasteiger charge is 2.64. The van der Waals surface area contributed by atoms with Crippen LogP contribution in [0.1, 0.15) is 31.7 Å². The van der Waals surface area contributed by atoms with Gasteiger partial charge in [-0.2, -0.15) is 5.06 Å². The van der Waals surface area contributed by atoms with Crippen LogP contribution in [0.4, 0.5) is 5.69 Å². The van der Waals surface area contributed by atoms with Crippen molar-refractivity contribution in [3.8, 4) is 0 Å². The highest BCUT2D eigenvalue weighted by Crippen LogP contribution is 2.56. The molecule has 5 heteroatoms. The maximum atomic E-state index is 13.4. The SMILES string of the molecule is CCC1=N[C@@H]2C[C@@]3(C(=O)N(OC)c4ccccc43)[C@H]3C[C@H]1[C@H]2CO3. The number of fused-ring (bicyclic) bond motifs is 2. The fourth-order valence-electron chi connectivity index (χ4n) is 5.46.